The molecule has 1 aromatic carbocycles. The van der Waals surface area contributed by atoms with Crippen LogP contribution in [0.5, 0.6) is 5.75 Å². The third-order valence-corrected chi connectivity index (χ3v) is 5.32. The molecule has 1 N–H and O–H groups in total. The van der Waals surface area contributed by atoms with Gasteiger partial charge in [-0.05, 0) is 79.0 Å². The number of carbonyl (C=O) groups excluding carboxylic acids is 1. The Balaban J connectivity index is 1.22. The fourth-order valence-corrected chi connectivity index (χ4v) is 3.53. The minimum absolute atomic E-state index is 0.0121. The summed E-state index contributed by atoms with van der Waals surface area (Å²) in [5, 5.41) is 14.7. The number of hydrogen-bond donors (Lipinski definition) is 1. The molecule has 2 aromatic rings. The van der Waals surface area contributed by atoms with Crippen LogP contribution in [0.2, 0.25) is 0 Å². The number of benzene rings is 1. The van der Waals surface area contributed by atoms with Crippen LogP contribution in [-0.4, -0.2) is 32.2 Å². The molecule has 2 saturated carbocycles. The molecule has 0 spiro atoms. The molecule has 1 heterocycles. The maximum atomic E-state index is 12.2. The highest BCUT2D eigenvalue weighted by atomic mass is 16.5. The molecule has 0 aliphatic heterocycles. The number of nitrogens with zero attached hydrogens (tertiary/aromatic N) is 4. The van der Waals surface area contributed by atoms with Crippen LogP contribution < -0.4 is 10.1 Å². The van der Waals surface area contributed by atoms with E-state index < -0.39 is 0 Å². The number of tetrazole rings is 1. The van der Waals surface area contributed by atoms with E-state index in [2.05, 4.69) is 26.9 Å². The molecule has 2 aliphatic carbocycles. The first-order chi connectivity index (χ1) is 13.3. The molecule has 1 aromatic heterocycles. The summed E-state index contributed by atoms with van der Waals surface area (Å²) in [7, 11) is 0. The van der Waals surface area contributed by atoms with Crippen LogP contribution >= 0.6 is 0 Å². The summed E-state index contributed by atoms with van der Waals surface area (Å²) in [5.74, 6) is 2.35. The van der Waals surface area contributed by atoms with Gasteiger partial charge in [-0.15, -0.1) is 5.10 Å². The minimum atomic E-state index is 0.0121. The lowest BCUT2D eigenvalue weighted by molar-refractivity contribution is -0.121. The molecular weight excluding hydrogens is 342 g/mol. The van der Waals surface area contributed by atoms with Crippen molar-refractivity contribution in [2.45, 2.75) is 70.6 Å². The molecule has 0 saturated heterocycles. The second-order valence-corrected chi connectivity index (χ2v) is 7.67. The smallest absolute Gasteiger partial charge is 0.220 e. The summed E-state index contributed by atoms with van der Waals surface area (Å²) >= 11 is 0. The van der Waals surface area contributed by atoms with Crippen molar-refractivity contribution in [3.63, 3.8) is 0 Å². The van der Waals surface area contributed by atoms with Gasteiger partial charge in [-0.25, -0.2) is 4.68 Å². The molecule has 2 fully saturated rings. The summed E-state index contributed by atoms with van der Waals surface area (Å²) in [5.41, 5.74) is 1.12. The number of aryl methyl sites for hydroxylation is 1. The predicted octanol–water partition coefficient (Wildman–Crippen LogP) is 2.65. The zero-order valence-corrected chi connectivity index (χ0v) is 15.6. The Morgan fingerprint density at radius 2 is 2.07 bits per heavy atom. The normalized spacial score (nSPS) is 17.2. The summed E-state index contributed by atoms with van der Waals surface area (Å²) in [6.45, 7) is 1.23. The minimum Gasteiger partial charge on any atom is -0.490 e. The van der Waals surface area contributed by atoms with Crippen molar-refractivity contribution >= 4 is 5.91 Å². The number of nitrogens with one attached hydrogen (secondary N) is 1. The van der Waals surface area contributed by atoms with Gasteiger partial charge in [0.15, 0.2) is 5.82 Å². The van der Waals surface area contributed by atoms with Crippen molar-refractivity contribution in [3.8, 4) is 5.75 Å². The van der Waals surface area contributed by atoms with Crippen LogP contribution in [0.25, 0.3) is 0 Å². The molecule has 27 heavy (non-hydrogen) atoms. The molecule has 2 aliphatic rings. The molecular formula is C20H27N5O2. The molecule has 0 bridgehead atoms. The number of amides is 1. The molecule has 7 heteroatoms. The van der Waals surface area contributed by atoms with Gasteiger partial charge in [0, 0.05) is 13.0 Å². The maximum Gasteiger partial charge on any atom is 0.220 e. The van der Waals surface area contributed by atoms with E-state index in [-0.39, 0.29) is 5.91 Å². The number of rotatable bonds is 9. The number of ether oxygens (including phenoxy) is 1. The zero-order valence-electron chi connectivity index (χ0n) is 15.6. The van der Waals surface area contributed by atoms with Gasteiger partial charge >= 0.3 is 0 Å². The number of aromatic nitrogens is 4. The highest BCUT2D eigenvalue weighted by Gasteiger charge is 2.23. The summed E-state index contributed by atoms with van der Waals surface area (Å²) < 4.78 is 7.85. The Morgan fingerprint density at radius 1 is 1.22 bits per heavy atom. The van der Waals surface area contributed by atoms with E-state index in [1.807, 2.05) is 22.9 Å². The molecule has 1 amide bonds. The summed E-state index contributed by atoms with van der Waals surface area (Å²) in [4.78, 5) is 12.2. The van der Waals surface area contributed by atoms with Crippen LogP contribution in [0.4, 0.5) is 0 Å². The molecule has 0 radical (unpaired) electrons. The van der Waals surface area contributed by atoms with Crippen molar-refractivity contribution in [2.75, 3.05) is 0 Å². The van der Waals surface area contributed by atoms with Gasteiger partial charge in [0.05, 0.1) is 12.6 Å². The standard InChI is InChI=1S/C20H27N5O2/c26-20(21-13-19-22-23-24-25(19)14-16-8-9-16)11-10-15-4-3-7-18(12-15)27-17-5-1-2-6-17/h3-4,7,12,16-17H,1-2,5-6,8-11,13-14H2,(H,21,26). The van der Waals surface area contributed by atoms with Crippen molar-refractivity contribution in [3.05, 3.63) is 35.7 Å². The van der Waals surface area contributed by atoms with Gasteiger partial charge in [0.1, 0.15) is 5.75 Å². The van der Waals surface area contributed by atoms with Crippen molar-refractivity contribution in [1.29, 1.82) is 0 Å². The van der Waals surface area contributed by atoms with Crippen molar-refractivity contribution in [1.82, 2.24) is 25.5 Å². The summed E-state index contributed by atoms with van der Waals surface area (Å²) in [6, 6.07) is 8.11. The maximum absolute atomic E-state index is 12.2. The van der Waals surface area contributed by atoms with Crippen molar-refractivity contribution < 1.29 is 9.53 Å². The summed E-state index contributed by atoms with van der Waals surface area (Å²) in [6.07, 6.45) is 8.79. The second-order valence-electron chi connectivity index (χ2n) is 7.67. The van der Waals surface area contributed by atoms with Crippen LogP contribution in [0.15, 0.2) is 24.3 Å². The predicted molar refractivity (Wildman–Crippen MR) is 100 cm³/mol. The fraction of sp³-hybridized carbons (Fsp3) is 0.600. The van der Waals surface area contributed by atoms with E-state index in [9.17, 15) is 4.79 Å². The molecule has 0 unspecified atom stereocenters. The average Bonchev–Trinajstić information content (AvgIpc) is 3.14. The van der Waals surface area contributed by atoms with Crippen LogP contribution in [0.1, 0.15) is 56.3 Å². The van der Waals surface area contributed by atoms with E-state index in [0.717, 1.165) is 36.5 Å². The van der Waals surface area contributed by atoms with Crippen LogP contribution in [-0.2, 0) is 24.3 Å². The van der Waals surface area contributed by atoms with E-state index >= 15 is 0 Å². The Labute approximate surface area is 159 Å². The second kappa shape index (κ2) is 8.50. The van der Waals surface area contributed by atoms with E-state index in [0.29, 0.717) is 31.4 Å². The van der Waals surface area contributed by atoms with Crippen LogP contribution in [0.3, 0.4) is 0 Å². The molecule has 0 atom stereocenters. The Kier molecular flexibility index (Phi) is 5.65. The van der Waals surface area contributed by atoms with Crippen LogP contribution in [0, 0.1) is 5.92 Å². The van der Waals surface area contributed by atoms with E-state index in [1.165, 1.54) is 25.7 Å². The fourth-order valence-electron chi connectivity index (χ4n) is 3.53. The number of carbonyl (C=O) groups is 1. The third kappa shape index (κ3) is 5.28. The van der Waals surface area contributed by atoms with E-state index in [4.69, 9.17) is 4.74 Å². The molecule has 4 rings (SSSR count). The lowest BCUT2D eigenvalue weighted by atomic mass is 10.1. The van der Waals surface area contributed by atoms with E-state index in [1.54, 1.807) is 0 Å². The Hall–Kier alpha value is -2.44. The first-order valence-electron chi connectivity index (χ1n) is 10.0. The van der Waals surface area contributed by atoms with Gasteiger partial charge in [-0.1, -0.05) is 12.1 Å². The largest absolute Gasteiger partial charge is 0.490 e. The highest BCUT2D eigenvalue weighted by molar-refractivity contribution is 5.76. The van der Waals surface area contributed by atoms with Crippen molar-refractivity contribution in [2.24, 2.45) is 5.92 Å². The first-order valence-corrected chi connectivity index (χ1v) is 10.0. The average molecular weight is 369 g/mol. The van der Waals surface area contributed by atoms with Gasteiger partial charge in [-0.2, -0.15) is 0 Å². The topological polar surface area (TPSA) is 81.9 Å². The number of hydrogen-bond acceptors (Lipinski definition) is 5. The zero-order chi connectivity index (χ0) is 18.5. The van der Waals surface area contributed by atoms with Gasteiger partial charge in [0.25, 0.3) is 0 Å². The first kappa shape index (κ1) is 17.9. The monoisotopic (exact) mass is 369 g/mol. The van der Waals surface area contributed by atoms with Gasteiger partial charge < -0.3 is 10.1 Å². The Bertz CT molecular complexity index is 765. The van der Waals surface area contributed by atoms with Gasteiger partial charge in [-0.3, -0.25) is 4.79 Å². The lowest BCUT2D eigenvalue weighted by Gasteiger charge is -2.13. The SMILES string of the molecule is O=C(CCc1cccc(OC2CCCC2)c1)NCc1nnnn1CC1CC1. The Morgan fingerprint density at radius 3 is 2.89 bits per heavy atom. The lowest BCUT2D eigenvalue weighted by Crippen LogP contribution is -2.25. The highest BCUT2D eigenvalue weighted by Crippen LogP contribution is 2.30. The quantitative estimate of drug-likeness (QED) is 0.735. The third-order valence-electron chi connectivity index (χ3n) is 5.32. The van der Waals surface area contributed by atoms with Gasteiger partial charge in [0.2, 0.25) is 5.91 Å². The molecule has 144 valence electrons. The molecule has 7 nitrogen and oxygen atoms in total.